The van der Waals surface area contributed by atoms with Crippen LogP contribution in [0.4, 0.5) is 0 Å². The molecule has 0 aromatic carbocycles. The number of carbonyl (C=O) groups excluding carboxylic acids is 1. The standard InChI is InChI=1S/C25H35N3OS/c1-3-4-13-26-19(2)27-15-11-21(12-16-27)24-17-22(18-30-24)25(29)28-14-7-9-20-8-5-6-10-23(20)28/h3-4,13,17-18,20-21,23H,2,5-12,14-16H2,1H3/b4-3-,26-13-. The second kappa shape index (κ2) is 9.95. The number of hydrogen-bond acceptors (Lipinski definition) is 4. The highest BCUT2D eigenvalue weighted by Crippen LogP contribution is 2.37. The molecular weight excluding hydrogens is 390 g/mol. The zero-order valence-electron chi connectivity index (χ0n) is 18.3. The first-order valence-corrected chi connectivity index (χ1v) is 12.5. The maximum atomic E-state index is 13.3. The van der Waals surface area contributed by atoms with Crippen molar-refractivity contribution in [1.29, 1.82) is 0 Å². The monoisotopic (exact) mass is 425 g/mol. The van der Waals surface area contributed by atoms with Crippen molar-refractivity contribution >= 4 is 23.5 Å². The highest BCUT2D eigenvalue weighted by molar-refractivity contribution is 7.10. The summed E-state index contributed by atoms with van der Waals surface area (Å²) in [7, 11) is 0. The molecule has 3 aliphatic rings. The van der Waals surface area contributed by atoms with Gasteiger partial charge in [-0.3, -0.25) is 4.79 Å². The topological polar surface area (TPSA) is 35.9 Å². The van der Waals surface area contributed by atoms with Gasteiger partial charge in [0.1, 0.15) is 5.82 Å². The van der Waals surface area contributed by atoms with E-state index in [1.54, 1.807) is 11.3 Å². The Labute approximate surface area is 185 Å². The second-order valence-electron chi connectivity index (χ2n) is 8.97. The van der Waals surface area contributed by atoms with Crippen molar-refractivity contribution in [2.24, 2.45) is 10.9 Å². The van der Waals surface area contributed by atoms with E-state index in [-0.39, 0.29) is 5.91 Å². The second-order valence-corrected chi connectivity index (χ2v) is 9.91. The molecule has 3 fully saturated rings. The van der Waals surface area contributed by atoms with Crippen LogP contribution in [0.2, 0.25) is 0 Å². The Hall–Kier alpha value is -1.88. The summed E-state index contributed by atoms with van der Waals surface area (Å²) in [6.07, 6.45) is 15.5. The maximum Gasteiger partial charge on any atom is 0.254 e. The third-order valence-corrected chi connectivity index (χ3v) is 8.23. The van der Waals surface area contributed by atoms with Gasteiger partial charge in [-0.05, 0) is 69.4 Å². The number of likely N-dealkylation sites (tertiary alicyclic amines) is 2. The van der Waals surface area contributed by atoms with Crippen molar-refractivity contribution in [3.63, 3.8) is 0 Å². The van der Waals surface area contributed by atoms with E-state index in [1.807, 2.05) is 25.3 Å². The lowest BCUT2D eigenvalue weighted by molar-refractivity contribution is 0.0391. The van der Waals surface area contributed by atoms with Crippen molar-refractivity contribution in [2.75, 3.05) is 19.6 Å². The number of fused-ring (bicyclic) bond motifs is 1. The minimum absolute atomic E-state index is 0.276. The smallest absolute Gasteiger partial charge is 0.254 e. The predicted octanol–water partition coefficient (Wildman–Crippen LogP) is 5.84. The quantitative estimate of drug-likeness (QED) is 0.556. The van der Waals surface area contributed by atoms with E-state index in [4.69, 9.17) is 0 Å². The van der Waals surface area contributed by atoms with Gasteiger partial charge < -0.3 is 9.80 Å². The van der Waals surface area contributed by atoms with E-state index in [0.29, 0.717) is 12.0 Å². The fraction of sp³-hybridized carbons (Fsp3) is 0.600. The van der Waals surface area contributed by atoms with Gasteiger partial charge in [0, 0.05) is 42.1 Å². The number of amides is 1. The lowest BCUT2D eigenvalue weighted by Gasteiger charge is -2.44. The van der Waals surface area contributed by atoms with E-state index in [0.717, 1.165) is 49.8 Å². The molecule has 0 spiro atoms. The van der Waals surface area contributed by atoms with Crippen molar-refractivity contribution in [3.8, 4) is 0 Å². The first-order chi connectivity index (χ1) is 14.7. The molecule has 4 nitrogen and oxygen atoms in total. The Morgan fingerprint density at radius 3 is 2.70 bits per heavy atom. The van der Waals surface area contributed by atoms with Gasteiger partial charge in [-0.1, -0.05) is 25.5 Å². The minimum atomic E-state index is 0.276. The number of piperidine rings is 2. The molecule has 30 heavy (non-hydrogen) atoms. The summed E-state index contributed by atoms with van der Waals surface area (Å²) in [5.41, 5.74) is 0.920. The van der Waals surface area contributed by atoms with Crippen LogP contribution in [0.25, 0.3) is 0 Å². The Kier molecular flexibility index (Phi) is 7.08. The minimum Gasteiger partial charge on any atom is -0.357 e. The zero-order valence-corrected chi connectivity index (χ0v) is 19.1. The summed E-state index contributed by atoms with van der Waals surface area (Å²) in [5, 5.41) is 2.11. The Balaban J connectivity index is 1.35. The summed E-state index contributed by atoms with van der Waals surface area (Å²) in [5.74, 6) is 2.41. The third-order valence-electron chi connectivity index (χ3n) is 7.14. The van der Waals surface area contributed by atoms with Gasteiger partial charge in [-0.2, -0.15) is 0 Å². The molecule has 162 valence electrons. The average molecular weight is 426 g/mol. The summed E-state index contributed by atoms with van der Waals surface area (Å²) in [6.45, 7) is 9.00. The van der Waals surface area contributed by atoms with E-state index in [9.17, 15) is 4.79 Å². The van der Waals surface area contributed by atoms with Crippen molar-refractivity contribution in [1.82, 2.24) is 9.80 Å². The van der Waals surface area contributed by atoms with Crippen LogP contribution in [-0.2, 0) is 0 Å². The van der Waals surface area contributed by atoms with Gasteiger partial charge in [0.2, 0.25) is 0 Å². The molecular formula is C25H35N3OS. The van der Waals surface area contributed by atoms with Gasteiger partial charge in [0.15, 0.2) is 0 Å². The summed E-state index contributed by atoms with van der Waals surface area (Å²) < 4.78 is 0. The lowest BCUT2D eigenvalue weighted by atomic mass is 9.78. The third kappa shape index (κ3) is 4.72. The molecule has 1 aromatic rings. The maximum absolute atomic E-state index is 13.3. The summed E-state index contributed by atoms with van der Waals surface area (Å²) in [6, 6.07) is 2.68. The molecule has 5 heteroatoms. The van der Waals surface area contributed by atoms with Crippen LogP contribution >= 0.6 is 11.3 Å². The first kappa shape index (κ1) is 21.4. The number of rotatable bonds is 5. The van der Waals surface area contributed by atoms with Crippen LogP contribution in [0.3, 0.4) is 0 Å². The lowest BCUT2D eigenvalue weighted by Crippen LogP contribution is -2.49. The van der Waals surface area contributed by atoms with Crippen LogP contribution in [0.1, 0.15) is 79.4 Å². The van der Waals surface area contributed by atoms with E-state index < -0.39 is 0 Å². The summed E-state index contributed by atoms with van der Waals surface area (Å²) >= 11 is 1.78. The molecule has 0 bridgehead atoms. The van der Waals surface area contributed by atoms with Gasteiger partial charge in [0.05, 0.1) is 5.56 Å². The molecule has 1 aliphatic carbocycles. The van der Waals surface area contributed by atoms with Gasteiger partial charge in [0.25, 0.3) is 5.91 Å². The van der Waals surface area contributed by atoms with Crippen LogP contribution in [-0.4, -0.2) is 47.6 Å². The molecule has 2 aliphatic heterocycles. The Bertz CT molecular complexity index is 801. The molecule has 1 amide bonds. The number of carbonyl (C=O) groups is 1. The van der Waals surface area contributed by atoms with Crippen molar-refractivity contribution in [3.05, 3.63) is 46.4 Å². The SMILES string of the molecule is C=C(/N=C\C=C/C)N1CCC(c2cc(C(=O)N3CCCC4CCCCC43)cs2)CC1. The highest BCUT2D eigenvalue weighted by Gasteiger charge is 2.36. The molecule has 2 atom stereocenters. The van der Waals surface area contributed by atoms with Gasteiger partial charge in [-0.25, -0.2) is 4.99 Å². The van der Waals surface area contributed by atoms with E-state index >= 15 is 0 Å². The normalized spacial score (nSPS) is 25.8. The van der Waals surface area contributed by atoms with E-state index in [1.165, 1.54) is 43.4 Å². The van der Waals surface area contributed by atoms with Crippen LogP contribution in [0.15, 0.2) is 41.0 Å². The molecule has 4 rings (SSSR count). The molecule has 0 N–H and O–H groups in total. The van der Waals surface area contributed by atoms with Crippen molar-refractivity contribution < 1.29 is 4.79 Å². The van der Waals surface area contributed by atoms with Crippen LogP contribution in [0, 0.1) is 5.92 Å². The molecule has 3 heterocycles. The number of aliphatic imine (C=N–C) groups is 1. The zero-order chi connectivity index (χ0) is 20.9. The molecule has 2 unspecified atom stereocenters. The van der Waals surface area contributed by atoms with Crippen LogP contribution in [0.5, 0.6) is 0 Å². The fourth-order valence-electron chi connectivity index (χ4n) is 5.44. The highest BCUT2D eigenvalue weighted by atomic mass is 32.1. The van der Waals surface area contributed by atoms with Crippen LogP contribution < -0.4 is 0 Å². The number of hydrogen-bond donors (Lipinski definition) is 0. The van der Waals surface area contributed by atoms with Gasteiger partial charge >= 0.3 is 0 Å². The fourth-order valence-corrected chi connectivity index (χ4v) is 6.50. The first-order valence-electron chi connectivity index (χ1n) is 11.7. The van der Waals surface area contributed by atoms with E-state index in [2.05, 4.69) is 32.8 Å². The molecule has 1 saturated carbocycles. The Morgan fingerprint density at radius 1 is 1.13 bits per heavy atom. The number of allylic oxidation sites excluding steroid dienone is 2. The number of nitrogens with zero attached hydrogens (tertiary/aromatic N) is 3. The summed E-state index contributed by atoms with van der Waals surface area (Å²) in [4.78, 5) is 23.6. The largest absolute Gasteiger partial charge is 0.357 e. The average Bonchev–Trinajstić information content (AvgIpc) is 3.29. The predicted molar refractivity (Wildman–Crippen MR) is 126 cm³/mol. The molecule has 1 aromatic heterocycles. The number of thiophene rings is 1. The Morgan fingerprint density at radius 2 is 1.90 bits per heavy atom. The molecule has 0 radical (unpaired) electrons. The molecule has 2 saturated heterocycles. The van der Waals surface area contributed by atoms with Crippen molar-refractivity contribution in [2.45, 2.75) is 70.3 Å². The van der Waals surface area contributed by atoms with Gasteiger partial charge in [-0.15, -0.1) is 11.3 Å².